The number of hydrogen-bond donors (Lipinski definition) is 1. The zero-order valence-corrected chi connectivity index (χ0v) is 11.5. The molecule has 1 aliphatic carbocycles. The van der Waals surface area contributed by atoms with Crippen LogP contribution in [-0.4, -0.2) is 6.04 Å². The Labute approximate surface area is 110 Å². The summed E-state index contributed by atoms with van der Waals surface area (Å²) in [7, 11) is 0. The molecule has 2 rings (SSSR count). The van der Waals surface area contributed by atoms with E-state index >= 15 is 0 Å². The van der Waals surface area contributed by atoms with Crippen molar-refractivity contribution in [3.63, 3.8) is 0 Å². The van der Waals surface area contributed by atoms with E-state index < -0.39 is 0 Å². The van der Waals surface area contributed by atoms with Crippen molar-refractivity contribution < 1.29 is 4.39 Å². The molecule has 1 saturated carbocycles. The van der Waals surface area contributed by atoms with E-state index in [4.69, 9.17) is 0 Å². The Morgan fingerprint density at radius 1 is 1.28 bits per heavy atom. The van der Waals surface area contributed by atoms with Crippen LogP contribution in [0.3, 0.4) is 0 Å². The maximum absolute atomic E-state index is 13.7. The lowest BCUT2D eigenvalue weighted by atomic mass is 9.83. The number of halogens is 1. The molecule has 0 aliphatic heterocycles. The number of nitrogens with one attached hydrogen (secondary N) is 1. The highest BCUT2D eigenvalue weighted by molar-refractivity contribution is 5.24. The summed E-state index contributed by atoms with van der Waals surface area (Å²) in [5, 5.41) is 3.57. The van der Waals surface area contributed by atoms with Crippen LogP contribution in [0.1, 0.15) is 50.2 Å². The van der Waals surface area contributed by atoms with Crippen molar-refractivity contribution in [2.45, 2.75) is 58.5 Å². The highest BCUT2D eigenvalue weighted by atomic mass is 19.1. The Morgan fingerprint density at radius 2 is 2.06 bits per heavy atom. The maximum Gasteiger partial charge on any atom is 0.127 e. The third-order valence-electron chi connectivity index (χ3n) is 4.19. The van der Waals surface area contributed by atoms with Gasteiger partial charge in [-0.1, -0.05) is 43.9 Å². The summed E-state index contributed by atoms with van der Waals surface area (Å²) in [6.45, 7) is 4.94. The molecule has 0 radical (unpaired) electrons. The largest absolute Gasteiger partial charge is 0.310 e. The second-order valence-electron chi connectivity index (χ2n) is 5.54. The average molecular weight is 249 g/mol. The first kappa shape index (κ1) is 13.5. The van der Waals surface area contributed by atoms with Gasteiger partial charge in [0, 0.05) is 18.2 Å². The second kappa shape index (κ2) is 6.33. The normalized spacial score (nSPS) is 24.2. The molecule has 1 aliphatic rings. The van der Waals surface area contributed by atoms with Crippen LogP contribution in [0, 0.1) is 18.7 Å². The number of benzene rings is 1. The minimum Gasteiger partial charge on any atom is -0.310 e. The van der Waals surface area contributed by atoms with Gasteiger partial charge in [-0.05, 0) is 31.7 Å². The minimum absolute atomic E-state index is 0.0862. The van der Waals surface area contributed by atoms with Gasteiger partial charge >= 0.3 is 0 Å². The van der Waals surface area contributed by atoms with Gasteiger partial charge in [-0.2, -0.15) is 0 Å². The molecular formula is C16H24FN. The van der Waals surface area contributed by atoms with Crippen LogP contribution in [0.2, 0.25) is 0 Å². The van der Waals surface area contributed by atoms with Crippen LogP contribution >= 0.6 is 0 Å². The molecule has 1 N–H and O–H groups in total. The molecule has 2 heteroatoms. The lowest BCUT2D eigenvalue weighted by Gasteiger charge is -2.31. The van der Waals surface area contributed by atoms with Crippen LogP contribution in [0.4, 0.5) is 4.39 Å². The quantitative estimate of drug-likeness (QED) is 0.843. The van der Waals surface area contributed by atoms with Crippen LogP contribution < -0.4 is 5.32 Å². The molecule has 1 aromatic carbocycles. The van der Waals surface area contributed by atoms with E-state index in [2.05, 4.69) is 12.2 Å². The fourth-order valence-corrected chi connectivity index (χ4v) is 3.05. The molecule has 0 spiro atoms. The molecule has 0 aromatic heterocycles. The molecule has 1 fully saturated rings. The molecule has 0 saturated heterocycles. The first-order valence-corrected chi connectivity index (χ1v) is 7.19. The fourth-order valence-electron chi connectivity index (χ4n) is 3.05. The fraction of sp³-hybridized carbons (Fsp3) is 0.625. The number of rotatable bonds is 4. The van der Waals surface area contributed by atoms with E-state index in [0.29, 0.717) is 12.6 Å². The summed E-state index contributed by atoms with van der Waals surface area (Å²) in [6.07, 6.45) is 6.46. The SMILES string of the molecule is CCC1CCCCC1NCc1cc(C)ccc1F. The van der Waals surface area contributed by atoms with Gasteiger partial charge in [0.05, 0.1) is 0 Å². The molecule has 2 atom stereocenters. The van der Waals surface area contributed by atoms with Gasteiger partial charge in [-0.3, -0.25) is 0 Å². The van der Waals surface area contributed by atoms with Crippen LogP contribution in [0.15, 0.2) is 18.2 Å². The summed E-state index contributed by atoms with van der Waals surface area (Å²) >= 11 is 0. The number of aryl methyl sites for hydroxylation is 1. The average Bonchev–Trinajstić information content (AvgIpc) is 2.40. The van der Waals surface area contributed by atoms with Crippen LogP contribution in [0.25, 0.3) is 0 Å². The van der Waals surface area contributed by atoms with E-state index in [0.717, 1.165) is 17.0 Å². The van der Waals surface area contributed by atoms with E-state index in [1.807, 2.05) is 19.1 Å². The number of hydrogen-bond acceptors (Lipinski definition) is 1. The van der Waals surface area contributed by atoms with Crippen molar-refractivity contribution >= 4 is 0 Å². The zero-order valence-electron chi connectivity index (χ0n) is 11.5. The first-order chi connectivity index (χ1) is 8.70. The minimum atomic E-state index is -0.0862. The molecule has 0 amide bonds. The van der Waals surface area contributed by atoms with Crippen LogP contribution in [-0.2, 0) is 6.54 Å². The van der Waals surface area contributed by atoms with Gasteiger partial charge in [-0.15, -0.1) is 0 Å². The Balaban J connectivity index is 1.95. The summed E-state index contributed by atoms with van der Waals surface area (Å²) < 4.78 is 13.7. The van der Waals surface area contributed by atoms with E-state index in [1.165, 1.54) is 32.1 Å². The summed E-state index contributed by atoms with van der Waals surface area (Å²) in [4.78, 5) is 0. The van der Waals surface area contributed by atoms with Crippen molar-refractivity contribution in [2.24, 2.45) is 5.92 Å². The standard InChI is InChI=1S/C16H24FN/c1-3-13-6-4-5-7-16(13)18-11-14-10-12(2)8-9-15(14)17/h8-10,13,16,18H,3-7,11H2,1-2H3. The molecule has 0 bridgehead atoms. The van der Waals surface area contributed by atoms with Crippen molar-refractivity contribution in [3.05, 3.63) is 35.1 Å². The summed E-state index contributed by atoms with van der Waals surface area (Å²) in [5.41, 5.74) is 1.93. The van der Waals surface area contributed by atoms with E-state index in [9.17, 15) is 4.39 Å². The Kier molecular flexibility index (Phi) is 4.76. The lowest BCUT2D eigenvalue weighted by molar-refractivity contribution is 0.253. The third kappa shape index (κ3) is 3.32. The van der Waals surface area contributed by atoms with Gasteiger partial charge in [-0.25, -0.2) is 4.39 Å². The van der Waals surface area contributed by atoms with Gasteiger partial charge < -0.3 is 5.32 Å². The van der Waals surface area contributed by atoms with Crippen molar-refractivity contribution in [1.82, 2.24) is 5.32 Å². The van der Waals surface area contributed by atoms with Crippen molar-refractivity contribution in [1.29, 1.82) is 0 Å². The molecule has 100 valence electrons. The predicted molar refractivity (Wildman–Crippen MR) is 74.0 cm³/mol. The molecule has 1 nitrogen and oxygen atoms in total. The molecule has 1 aromatic rings. The Hall–Kier alpha value is -0.890. The smallest absolute Gasteiger partial charge is 0.127 e. The lowest BCUT2D eigenvalue weighted by Crippen LogP contribution is -2.38. The topological polar surface area (TPSA) is 12.0 Å². The van der Waals surface area contributed by atoms with Crippen LogP contribution in [0.5, 0.6) is 0 Å². The Morgan fingerprint density at radius 3 is 2.83 bits per heavy atom. The van der Waals surface area contributed by atoms with Crippen molar-refractivity contribution in [2.75, 3.05) is 0 Å². The maximum atomic E-state index is 13.7. The summed E-state index contributed by atoms with van der Waals surface area (Å²) in [6, 6.07) is 5.92. The third-order valence-corrected chi connectivity index (χ3v) is 4.19. The molecule has 0 heterocycles. The van der Waals surface area contributed by atoms with Crippen molar-refractivity contribution in [3.8, 4) is 0 Å². The summed E-state index contributed by atoms with van der Waals surface area (Å²) in [5.74, 6) is 0.684. The zero-order chi connectivity index (χ0) is 13.0. The Bertz CT molecular complexity index is 389. The first-order valence-electron chi connectivity index (χ1n) is 7.19. The molecule has 2 unspecified atom stereocenters. The predicted octanol–water partition coefficient (Wildman–Crippen LogP) is 4.19. The monoisotopic (exact) mass is 249 g/mol. The van der Waals surface area contributed by atoms with Gasteiger partial charge in [0.15, 0.2) is 0 Å². The second-order valence-corrected chi connectivity index (χ2v) is 5.54. The van der Waals surface area contributed by atoms with Gasteiger partial charge in [0.1, 0.15) is 5.82 Å². The highest BCUT2D eigenvalue weighted by Gasteiger charge is 2.23. The molecular weight excluding hydrogens is 225 g/mol. The molecule has 18 heavy (non-hydrogen) atoms. The van der Waals surface area contributed by atoms with Gasteiger partial charge in [0.2, 0.25) is 0 Å². The highest BCUT2D eigenvalue weighted by Crippen LogP contribution is 2.27. The van der Waals surface area contributed by atoms with E-state index in [1.54, 1.807) is 6.07 Å². The van der Waals surface area contributed by atoms with E-state index in [-0.39, 0.29) is 5.82 Å². The van der Waals surface area contributed by atoms with Gasteiger partial charge in [0.25, 0.3) is 0 Å².